The number of ether oxygens (including phenoxy) is 1. The Morgan fingerprint density at radius 3 is 2.76 bits per heavy atom. The molecule has 2 aromatic carbocycles. The van der Waals surface area contributed by atoms with Crippen LogP contribution in [0.5, 0.6) is 0 Å². The molecule has 0 radical (unpaired) electrons. The molecule has 2 aromatic heterocycles. The van der Waals surface area contributed by atoms with Crippen molar-refractivity contribution in [2.45, 2.75) is 32.1 Å². The third kappa shape index (κ3) is 3.43. The fraction of sp³-hybridized carbons (Fsp3) is 0.320. The molecule has 2 aliphatic heterocycles. The molecular weight excluding hydrogens is 440 g/mol. The van der Waals surface area contributed by atoms with E-state index >= 15 is 0 Å². The maximum Gasteiger partial charge on any atom is 0.274 e. The highest BCUT2D eigenvalue weighted by Gasteiger charge is 2.27. The summed E-state index contributed by atoms with van der Waals surface area (Å²) >= 11 is 0. The highest BCUT2D eigenvalue weighted by atomic mass is 35.5. The fourth-order valence-electron chi connectivity index (χ4n) is 5.11. The summed E-state index contributed by atoms with van der Waals surface area (Å²) in [6, 6.07) is 11.9. The van der Waals surface area contributed by atoms with Crippen LogP contribution in [0.25, 0.3) is 16.6 Å². The van der Waals surface area contributed by atoms with Crippen LogP contribution in [-0.2, 0) is 11.2 Å². The van der Waals surface area contributed by atoms with E-state index < -0.39 is 0 Å². The highest BCUT2D eigenvalue weighted by molar-refractivity contribution is 6.09. The van der Waals surface area contributed by atoms with Gasteiger partial charge in [-0.3, -0.25) is 14.0 Å². The first-order chi connectivity index (χ1) is 15.6. The number of para-hydroxylation sites is 1. The number of nitrogens with one attached hydrogen (secondary N) is 1. The van der Waals surface area contributed by atoms with Crippen molar-refractivity contribution in [1.29, 1.82) is 0 Å². The molecule has 8 heteroatoms. The number of rotatable bonds is 2. The predicted octanol–water partition coefficient (Wildman–Crippen LogP) is 4.00. The zero-order valence-corrected chi connectivity index (χ0v) is 19.2. The number of fused-ring (bicyclic) bond motifs is 4. The van der Waals surface area contributed by atoms with Gasteiger partial charge in [0.25, 0.3) is 11.5 Å². The molecule has 170 valence electrons. The molecule has 2 aliphatic rings. The number of H-pyrrole nitrogens is 1. The summed E-state index contributed by atoms with van der Waals surface area (Å²) in [4.78, 5) is 35.8. The van der Waals surface area contributed by atoms with Crippen LogP contribution in [0.4, 0.5) is 5.69 Å². The van der Waals surface area contributed by atoms with Crippen LogP contribution >= 0.6 is 12.4 Å². The van der Waals surface area contributed by atoms with Gasteiger partial charge in [-0.05, 0) is 55.5 Å². The molecule has 4 heterocycles. The minimum Gasteiger partial charge on any atom is -0.381 e. The van der Waals surface area contributed by atoms with Crippen molar-refractivity contribution in [2.24, 2.45) is 0 Å². The average Bonchev–Trinajstić information content (AvgIpc) is 3.45. The summed E-state index contributed by atoms with van der Waals surface area (Å²) in [5.74, 6) is 1.11. The lowest BCUT2D eigenvalue weighted by atomic mass is 9.99. The minimum atomic E-state index is -0.197. The zero-order chi connectivity index (χ0) is 21.8. The Balaban J connectivity index is 0.00000228. The van der Waals surface area contributed by atoms with Crippen molar-refractivity contribution >= 4 is 40.6 Å². The molecule has 0 unspecified atom stereocenters. The van der Waals surface area contributed by atoms with Gasteiger partial charge < -0.3 is 14.6 Å². The zero-order valence-electron chi connectivity index (χ0n) is 18.3. The summed E-state index contributed by atoms with van der Waals surface area (Å²) < 4.78 is 7.48. The van der Waals surface area contributed by atoms with Gasteiger partial charge in [-0.2, -0.15) is 0 Å². The topological polar surface area (TPSA) is 79.7 Å². The van der Waals surface area contributed by atoms with Crippen molar-refractivity contribution in [3.8, 4) is 0 Å². The number of carbonyl (C=O) groups is 1. The maximum atomic E-state index is 13.5. The second-order valence-corrected chi connectivity index (χ2v) is 8.70. The second-order valence-electron chi connectivity index (χ2n) is 8.70. The number of imidazole rings is 1. The van der Waals surface area contributed by atoms with E-state index in [1.807, 2.05) is 46.6 Å². The molecule has 0 aliphatic carbocycles. The monoisotopic (exact) mass is 464 g/mol. The van der Waals surface area contributed by atoms with Crippen molar-refractivity contribution in [3.05, 3.63) is 75.5 Å². The van der Waals surface area contributed by atoms with Crippen LogP contribution in [0.3, 0.4) is 0 Å². The Kier molecular flexibility index (Phi) is 5.46. The van der Waals surface area contributed by atoms with Crippen LogP contribution in [-0.4, -0.2) is 40.0 Å². The van der Waals surface area contributed by atoms with Gasteiger partial charge in [0.2, 0.25) is 0 Å². The van der Waals surface area contributed by atoms with Crippen LogP contribution in [0, 0.1) is 6.92 Å². The van der Waals surface area contributed by atoms with E-state index in [-0.39, 0.29) is 29.8 Å². The first-order valence-corrected chi connectivity index (χ1v) is 11.1. The predicted molar refractivity (Wildman–Crippen MR) is 130 cm³/mol. The number of hydrogen-bond acceptors (Lipinski definition) is 4. The van der Waals surface area contributed by atoms with Crippen molar-refractivity contribution < 1.29 is 9.53 Å². The maximum absolute atomic E-state index is 13.5. The number of amides is 1. The summed E-state index contributed by atoms with van der Waals surface area (Å²) in [6.07, 6.45) is 4.28. The Morgan fingerprint density at radius 1 is 1.15 bits per heavy atom. The number of nitrogens with zero attached hydrogens (tertiary/aromatic N) is 3. The van der Waals surface area contributed by atoms with Crippen LogP contribution < -0.4 is 10.5 Å². The van der Waals surface area contributed by atoms with Gasteiger partial charge in [-0.15, -0.1) is 12.4 Å². The molecule has 0 atom stereocenters. The minimum absolute atomic E-state index is 0. The van der Waals surface area contributed by atoms with Gasteiger partial charge in [0.1, 0.15) is 11.3 Å². The molecule has 33 heavy (non-hydrogen) atoms. The number of aryl methyl sites for hydroxylation is 1. The standard InChI is InChI=1S/C25H24N4O3.ClH/c1-15-12-21-19(13-18(15)25(31)28-9-6-16-4-2-3-5-20(16)28)27-24(30)22-14-26-23(29(21)22)17-7-10-32-11-8-17;/h2-5,12-14,17H,6-11H2,1H3,(H,27,30);1H. The van der Waals surface area contributed by atoms with Gasteiger partial charge in [0.05, 0.1) is 17.2 Å². The number of halogens is 1. The van der Waals surface area contributed by atoms with Gasteiger partial charge in [0, 0.05) is 36.9 Å². The normalized spacial score (nSPS) is 16.2. The van der Waals surface area contributed by atoms with E-state index in [4.69, 9.17) is 4.74 Å². The lowest BCUT2D eigenvalue weighted by Crippen LogP contribution is -2.29. The number of anilines is 1. The third-order valence-electron chi connectivity index (χ3n) is 6.80. The molecule has 1 saturated heterocycles. The Hall–Kier alpha value is -3.16. The van der Waals surface area contributed by atoms with Crippen LogP contribution in [0.1, 0.15) is 46.1 Å². The van der Waals surface area contributed by atoms with Crippen LogP contribution in [0.15, 0.2) is 47.4 Å². The molecule has 0 saturated carbocycles. The van der Waals surface area contributed by atoms with E-state index in [0.29, 0.717) is 36.4 Å². The second kappa shape index (κ2) is 8.32. The van der Waals surface area contributed by atoms with E-state index in [9.17, 15) is 9.59 Å². The largest absolute Gasteiger partial charge is 0.381 e. The molecule has 6 rings (SSSR count). The van der Waals surface area contributed by atoms with Gasteiger partial charge in [0.15, 0.2) is 0 Å². The van der Waals surface area contributed by atoms with Crippen molar-refractivity contribution in [1.82, 2.24) is 14.4 Å². The number of aromatic nitrogens is 3. The van der Waals surface area contributed by atoms with Gasteiger partial charge in [-0.25, -0.2) is 4.98 Å². The third-order valence-corrected chi connectivity index (χ3v) is 6.80. The van der Waals surface area contributed by atoms with E-state index in [0.717, 1.165) is 41.9 Å². The number of aromatic amines is 1. The average molecular weight is 465 g/mol. The van der Waals surface area contributed by atoms with E-state index in [1.165, 1.54) is 5.56 Å². The summed E-state index contributed by atoms with van der Waals surface area (Å²) in [5.41, 5.74) is 5.50. The number of hydrogen-bond donors (Lipinski definition) is 1. The van der Waals surface area contributed by atoms with Crippen molar-refractivity contribution in [2.75, 3.05) is 24.7 Å². The smallest absolute Gasteiger partial charge is 0.274 e. The molecule has 1 N–H and O–H groups in total. The van der Waals surface area contributed by atoms with E-state index in [2.05, 4.69) is 16.0 Å². The first-order valence-electron chi connectivity index (χ1n) is 11.1. The summed E-state index contributed by atoms with van der Waals surface area (Å²) in [6.45, 7) is 4.03. The lowest BCUT2D eigenvalue weighted by Gasteiger charge is -2.22. The van der Waals surface area contributed by atoms with Gasteiger partial charge in [-0.1, -0.05) is 18.2 Å². The molecule has 0 bridgehead atoms. The molecule has 1 fully saturated rings. The number of carbonyl (C=O) groups excluding carboxylic acids is 1. The van der Waals surface area contributed by atoms with Crippen molar-refractivity contribution in [3.63, 3.8) is 0 Å². The van der Waals surface area contributed by atoms with Crippen LogP contribution in [0.2, 0.25) is 0 Å². The summed E-state index contributed by atoms with van der Waals surface area (Å²) in [5, 5.41) is 0. The molecule has 1 amide bonds. The van der Waals surface area contributed by atoms with Gasteiger partial charge >= 0.3 is 0 Å². The Morgan fingerprint density at radius 2 is 1.94 bits per heavy atom. The quantitative estimate of drug-likeness (QED) is 0.486. The molecule has 0 spiro atoms. The Labute approximate surface area is 196 Å². The SMILES string of the molecule is Cc1cc2c(cc1C(=O)N1CCc3ccccc31)[nH]c(=O)c1cnc(C3CCOCC3)n12.Cl. The lowest BCUT2D eigenvalue weighted by molar-refractivity contribution is 0.0835. The highest BCUT2D eigenvalue weighted by Crippen LogP contribution is 2.31. The molecule has 4 aromatic rings. The molecular formula is C25H25ClN4O3. The molecule has 7 nitrogen and oxygen atoms in total. The van der Waals surface area contributed by atoms with E-state index in [1.54, 1.807) is 6.20 Å². The summed E-state index contributed by atoms with van der Waals surface area (Å²) in [7, 11) is 0. The Bertz CT molecular complexity index is 1440. The number of benzene rings is 2. The fourth-order valence-corrected chi connectivity index (χ4v) is 5.11. The first kappa shape index (κ1) is 21.7.